The molecule has 53 heavy (non-hydrogen) atoms. The zero-order chi connectivity index (χ0) is 35.7. The fraction of sp³-hybridized carbons (Fsp3) is 0.160. The summed E-state index contributed by atoms with van der Waals surface area (Å²) in [5.41, 5.74) is 11.0. The first-order chi connectivity index (χ1) is 26.1. The van der Waals surface area contributed by atoms with Crippen molar-refractivity contribution in [3.63, 3.8) is 0 Å². The molecule has 1 aliphatic rings. The van der Waals surface area contributed by atoms with Gasteiger partial charge in [-0.2, -0.15) is 0 Å². The number of furan rings is 1. The van der Waals surface area contributed by atoms with Gasteiger partial charge >= 0.3 is 0 Å². The molecule has 1 fully saturated rings. The molecule has 0 amide bonds. The van der Waals surface area contributed by atoms with Gasteiger partial charge in [0.2, 0.25) is 0 Å². The van der Waals surface area contributed by atoms with Crippen LogP contribution in [0.25, 0.3) is 32.7 Å². The molecule has 0 spiro atoms. The van der Waals surface area contributed by atoms with Crippen LogP contribution < -0.4 is 9.80 Å². The van der Waals surface area contributed by atoms with Crippen molar-refractivity contribution in [2.45, 2.75) is 39.0 Å². The zero-order valence-corrected chi connectivity index (χ0v) is 30.3. The van der Waals surface area contributed by atoms with Crippen molar-refractivity contribution in [3.8, 4) is 0 Å². The van der Waals surface area contributed by atoms with Crippen LogP contribution in [0.1, 0.15) is 38.2 Å². The van der Waals surface area contributed by atoms with E-state index in [1.807, 2.05) is 6.07 Å². The van der Waals surface area contributed by atoms with Gasteiger partial charge in [0.25, 0.3) is 0 Å². The lowest BCUT2D eigenvalue weighted by Gasteiger charge is -2.31. The minimum absolute atomic E-state index is 0.706. The number of para-hydroxylation sites is 4. The van der Waals surface area contributed by atoms with Crippen molar-refractivity contribution in [1.82, 2.24) is 0 Å². The normalized spacial score (nSPS) is 16.0. The number of benzene rings is 7. The van der Waals surface area contributed by atoms with Crippen LogP contribution in [0.2, 0.25) is 0 Å². The third-order valence-electron chi connectivity index (χ3n) is 11.0. The summed E-state index contributed by atoms with van der Waals surface area (Å²) >= 11 is 0. The molecule has 1 aliphatic carbocycles. The summed E-state index contributed by atoms with van der Waals surface area (Å²) < 4.78 is 6.76. The second kappa shape index (κ2) is 14.2. The van der Waals surface area contributed by atoms with E-state index in [0.29, 0.717) is 5.92 Å². The Labute approximate surface area is 312 Å². The average Bonchev–Trinajstić information content (AvgIpc) is 3.57. The fourth-order valence-electron chi connectivity index (χ4n) is 8.73. The van der Waals surface area contributed by atoms with Gasteiger partial charge in [-0.15, -0.1) is 0 Å². The van der Waals surface area contributed by atoms with Crippen LogP contribution in [0.4, 0.5) is 34.1 Å². The minimum Gasteiger partial charge on any atom is -0.454 e. The van der Waals surface area contributed by atoms with Crippen LogP contribution in [0.5, 0.6) is 0 Å². The lowest BCUT2D eigenvalue weighted by Crippen LogP contribution is -2.16. The second-order valence-corrected chi connectivity index (χ2v) is 14.8. The van der Waals surface area contributed by atoms with E-state index in [1.54, 1.807) is 0 Å². The predicted molar refractivity (Wildman–Crippen MR) is 225 cm³/mol. The van der Waals surface area contributed by atoms with Crippen LogP contribution in [-0.2, 0) is 6.42 Å². The Hall–Kier alpha value is -6.06. The third-order valence-corrected chi connectivity index (χ3v) is 11.0. The Balaban J connectivity index is 1.25. The average molecular weight is 689 g/mol. The van der Waals surface area contributed by atoms with Crippen molar-refractivity contribution in [1.29, 1.82) is 0 Å². The second-order valence-electron chi connectivity index (χ2n) is 14.8. The van der Waals surface area contributed by atoms with E-state index in [0.717, 1.165) is 68.4 Å². The van der Waals surface area contributed by atoms with Crippen LogP contribution in [0.15, 0.2) is 180 Å². The quantitative estimate of drug-likeness (QED) is 0.141. The van der Waals surface area contributed by atoms with E-state index in [4.69, 9.17) is 4.42 Å². The van der Waals surface area contributed by atoms with E-state index >= 15 is 0 Å². The molecule has 3 heteroatoms. The summed E-state index contributed by atoms with van der Waals surface area (Å²) in [6.07, 6.45) is 5.90. The molecule has 260 valence electrons. The Morgan fingerprint density at radius 2 is 1.11 bits per heavy atom. The number of aryl methyl sites for hydroxylation is 1. The van der Waals surface area contributed by atoms with E-state index in [1.165, 1.54) is 47.6 Å². The molecule has 1 saturated carbocycles. The van der Waals surface area contributed by atoms with Crippen LogP contribution in [-0.4, -0.2) is 0 Å². The van der Waals surface area contributed by atoms with Gasteiger partial charge < -0.3 is 14.2 Å². The number of hydrogen-bond acceptors (Lipinski definition) is 3. The van der Waals surface area contributed by atoms with Gasteiger partial charge in [-0.25, -0.2) is 0 Å². The van der Waals surface area contributed by atoms with Gasteiger partial charge in [0.05, 0.1) is 11.4 Å². The maximum absolute atomic E-state index is 6.76. The molecule has 1 aromatic heterocycles. The summed E-state index contributed by atoms with van der Waals surface area (Å²) in [7, 11) is 0. The molecule has 0 radical (unpaired) electrons. The molecule has 0 aliphatic heterocycles. The van der Waals surface area contributed by atoms with E-state index < -0.39 is 0 Å². The zero-order valence-electron chi connectivity index (χ0n) is 30.3. The molecule has 2 atom stereocenters. The van der Waals surface area contributed by atoms with Crippen molar-refractivity contribution in [2.24, 2.45) is 11.8 Å². The first-order valence-corrected chi connectivity index (χ1v) is 19.0. The minimum atomic E-state index is 0.706. The van der Waals surface area contributed by atoms with Crippen molar-refractivity contribution in [2.75, 3.05) is 9.80 Å². The number of nitrogens with zero attached hydrogens (tertiary/aromatic N) is 2. The number of allylic oxidation sites excluding steroid dienone is 1. The van der Waals surface area contributed by atoms with Crippen molar-refractivity contribution >= 4 is 66.8 Å². The molecule has 2 unspecified atom stereocenters. The molecule has 0 saturated heterocycles. The Morgan fingerprint density at radius 1 is 0.547 bits per heavy atom. The van der Waals surface area contributed by atoms with E-state index in [2.05, 4.69) is 181 Å². The predicted octanol–water partition coefficient (Wildman–Crippen LogP) is 14.6. The number of anilines is 6. The standard InChI is InChI=1S/C50H44N2O/c1-35-30-36(2)32-37(31-35)26-27-38-28-29-47(44-23-13-12-22-43(38)44)52(41-20-10-5-11-21-41)42-33-46-45-24-14-15-25-49(45)53-50(46)48(34-42)51(39-16-6-3-7-17-39)40-18-8-4-9-19-40/h3-25,28-29,33-34,36-37H,1,26-27,30-32H2,2H3. The molecule has 0 bridgehead atoms. The monoisotopic (exact) mass is 688 g/mol. The van der Waals surface area contributed by atoms with E-state index in [9.17, 15) is 0 Å². The van der Waals surface area contributed by atoms with Gasteiger partial charge in [0.1, 0.15) is 5.58 Å². The summed E-state index contributed by atoms with van der Waals surface area (Å²) in [4.78, 5) is 4.75. The smallest absolute Gasteiger partial charge is 0.159 e. The molecular weight excluding hydrogens is 645 g/mol. The van der Waals surface area contributed by atoms with Crippen LogP contribution >= 0.6 is 0 Å². The van der Waals surface area contributed by atoms with Crippen molar-refractivity contribution in [3.05, 3.63) is 182 Å². The van der Waals surface area contributed by atoms with Gasteiger partial charge in [0, 0.05) is 38.9 Å². The molecule has 7 aromatic carbocycles. The topological polar surface area (TPSA) is 19.6 Å². The summed E-state index contributed by atoms with van der Waals surface area (Å²) in [5.74, 6) is 1.44. The molecule has 1 heterocycles. The number of fused-ring (bicyclic) bond motifs is 4. The Kier molecular flexibility index (Phi) is 8.77. The SMILES string of the molecule is C=C1CC(C)CC(CCc2ccc(N(c3ccccc3)c3cc(N(c4ccccc4)c4ccccc4)c4oc5ccccc5c4c3)c3ccccc23)C1. The molecule has 9 rings (SSSR count). The highest BCUT2D eigenvalue weighted by Gasteiger charge is 2.25. The summed E-state index contributed by atoms with van der Waals surface area (Å²) in [6.45, 7) is 6.76. The molecular formula is C50H44N2O. The molecule has 0 N–H and O–H groups in total. The molecule has 8 aromatic rings. The highest BCUT2D eigenvalue weighted by molar-refractivity contribution is 6.13. The van der Waals surface area contributed by atoms with Gasteiger partial charge in [-0.1, -0.05) is 122 Å². The maximum atomic E-state index is 6.76. The fourth-order valence-corrected chi connectivity index (χ4v) is 8.73. The number of hydrogen-bond donors (Lipinski definition) is 0. The summed E-state index contributed by atoms with van der Waals surface area (Å²) in [5, 5.41) is 4.74. The highest BCUT2D eigenvalue weighted by atomic mass is 16.3. The number of rotatable bonds is 9. The largest absolute Gasteiger partial charge is 0.454 e. The van der Waals surface area contributed by atoms with Crippen LogP contribution in [0, 0.1) is 11.8 Å². The third kappa shape index (κ3) is 6.38. The molecule has 3 nitrogen and oxygen atoms in total. The van der Waals surface area contributed by atoms with Crippen molar-refractivity contribution < 1.29 is 4.42 Å². The van der Waals surface area contributed by atoms with E-state index in [-0.39, 0.29) is 0 Å². The van der Waals surface area contributed by atoms with Gasteiger partial charge in [0.15, 0.2) is 5.58 Å². The maximum Gasteiger partial charge on any atom is 0.159 e. The highest BCUT2D eigenvalue weighted by Crippen LogP contribution is 2.48. The lowest BCUT2D eigenvalue weighted by molar-refractivity contribution is 0.321. The Bertz CT molecular complexity index is 2500. The first kappa shape index (κ1) is 32.8. The first-order valence-electron chi connectivity index (χ1n) is 19.0. The van der Waals surface area contributed by atoms with Gasteiger partial charge in [-0.3, -0.25) is 0 Å². The van der Waals surface area contributed by atoms with Crippen LogP contribution in [0.3, 0.4) is 0 Å². The lowest BCUT2D eigenvalue weighted by atomic mass is 9.77. The Morgan fingerprint density at radius 3 is 1.75 bits per heavy atom. The summed E-state index contributed by atoms with van der Waals surface area (Å²) in [6, 6.07) is 58.6. The van der Waals surface area contributed by atoms with Gasteiger partial charge in [-0.05, 0) is 116 Å².